The van der Waals surface area contributed by atoms with Gasteiger partial charge in [0.05, 0.1) is 11.1 Å². The molecule has 0 bridgehead atoms. The SMILES string of the molecule is O=c1ccn(CCNC2CC2)cc1[N+](=O)[O-]. The molecule has 0 amide bonds. The Kier molecular flexibility index (Phi) is 3.00. The van der Waals surface area contributed by atoms with Crippen LogP contribution in [0.15, 0.2) is 23.3 Å². The zero-order valence-electron chi connectivity index (χ0n) is 8.76. The van der Waals surface area contributed by atoms with Crippen LogP contribution >= 0.6 is 0 Å². The van der Waals surface area contributed by atoms with Crippen molar-refractivity contribution in [2.75, 3.05) is 6.54 Å². The van der Waals surface area contributed by atoms with Crippen LogP contribution in [-0.4, -0.2) is 22.1 Å². The maximum absolute atomic E-state index is 11.1. The fourth-order valence-corrected chi connectivity index (χ4v) is 1.47. The van der Waals surface area contributed by atoms with Crippen molar-refractivity contribution >= 4 is 5.69 Å². The Morgan fingerprint density at radius 1 is 1.56 bits per heavy atom. The molecule has 16 heavy (non-hydrogen) atoms. The number of pyridine rings is 1. The minimum absolute atomic E-state index is 0.367. The van der Waals surface area contributed by atoms with Gasteiger partial charge in [-0.3, -0.25) is 14.9 Å². The molecule has 0 atom stereocenters. The lowest BCUT2D eigenvalue weighted by molar-refractivity contribution is -0.386. The van der Waals surface area contributed by atoms with E-state index in [1.807, 2.05) is 0 Å². The Morgan fingerprint density at radius 2 is 2.31 bits per heavy atom. The van der Waals surface area contributed by atoms with Crippen molar-refractivity contribution in [3.63, 3.8) is 0 Å². The monoisotopic (exact) mass is 223 g/mol. The van der Waals surface area contributed by atoms with E-state index in [0.717, 1.165) is 6.54 Å². The number of hydrogen-bond donors (Lipinski definition) is 1. The van der Waals surface area contributed by atoms with Crippen LogP contribution in [0.4, 0.5) is 5.69 Å². The maximum Gasteiger partial charge on any atom is 0.332 e. The fraction of sp³-hybridized carbons (Fsp3) is 0.500. The molecule has 0 spiro atoms. The number of nitro groups is 1. The Labute approximate surface area is 92.0 Å². The van der Waals surface area contributed by atoms with Gasteiger partial charge in [0, 0.05) is 31.4 Å². The third-order valence-corrected chi connectivity index (χ3v) is 2.54. The van der Waals surface area contributed by atoms with Crippen molar-refractivity contribution < 1.29 is 4.92 Å². The van der Waals surface area contributed by atoms with Crippen molar-refractivity contribution in [1.29, 1.82) is 0 Å². The van der Waals surface area contributed by atoms with Gasteiger partial charge in [0.2, 0.25) is 0 Å². The summed E-state index contributed by atoms with van der Waals surface area (Å²) in [6.45, 7) is 1.41. The van der Waals surface area contributed by atoms with Crippen molar-refractivity contribution in [2.45, 2.75) is 25.4 Å². The van der Waals surface area contributed by atoms with Crippen LogP contribution in [-0.2, 0) is 6.54 Å². The van der Waals surface area contributed by atoms with Crippen LogP contribution in [0.2, 0.25) is 0 Å². The summed E-state index contributed by atoms with van der Waals surface area (Å²) in [5.41, 5.74) is -0.912. The predicted molar refractivity (Wildman–Crippen MR) is 58.4 cm³/mol. The second-order valence-electron chi connectivity index (χ2n) is 3.92. The van der Waals surface area contributed by atoms with Crippen molar-refractivity contribution in [2.24, 2.45) is 0 Å². The smallest absolute Gasteiger partial charge is 0.332 e. The molecule has 2 rings (SSSR count). The Bertz CT molecular complexity index is 451. The number of rotatable bonds is 5. The second kappa shape index (κ2) is 4.44. The molecular formula is C10H13N3O3. The summed E-state index contributed by atoms with van der Waals surface area (Å²) in [6, 6.07) is 1.85. The first-order chi connectivity index (χ1) is 7.66. The van der Waals surface area contributed by atoms with Crippen LogP contribution in [0, 0.1) is 10.1 Å². The minimum Gasteiger partial charge on any atom is -0.347 e. The normalized spacial score (nSPS) is 15.0. The van der Waals surface area contributed by atoms with Gasteiger partial charge in [0.1, 0.15) is 0 Å². The largest absolute Gasteiger partial charge is 0.347 e. The zero-order chi connectivity index (χ0) is 11.5. The van der Waals surface area contributed by atoms with E-state index in [4.69, 9.17) is 0 Å². The highest BCUT2D eigenvalue weighted by atomic mass is 16.6. The van der Waals surface area contributed by atoms with Crippen LogP contribution < -0.4 is 10.7 Å². The topological polar surface area (TPSA) is 77.2 Å². The summed E-state index contributed by atoms with van der Waals surface area (Å²) in [4.78, 5) is 21.0. The molecule has 1 aliphatic carbocycles. The van der Waals surface area contributed by atoms with E-state index >= 15 is 0 Å². The summed E-state index contributed by atoms with van der Waals surface area (Å²) in [5, 5.41) is 13.8. The van der Waals surface area contributed by atoms with Gasteiger partial charge in [-0.1, -0.05) is 0 Å². The average Bonchev–Trinajstić information content (AvgIpc) is 3.04. The van der Waals surface area contributed by atoms with E-state index in [1.54, 1.807) is 10.8 Å². The highest BCUT2D eigenvalue weighted by molar-refractivity contribution is 5.25. The molecule has 1 N–H and O–H groups in total. The summed E-state index contributed by atoms with van der Waals surface area (Å²) in [6.07, 6.45) is 5.29. The number of aromatic nitrogens is 1. The molecule has 0 saturated heterocycles. The van der Waals surface area contributed by atoms with E-state index in [-0.39, 0.29) is 5.69 Å². The standard InChI is InChI=1S/C10H13N3O3/c14-10-3-5-12(7-9(10)13(15)16)6-4-11-8-1-2-8/h3,5,7-8,11H,1-2,4,6H2. The molecule has 1 fully saturated rings. The number of nitrogens with one attached hydrogen (secondary N) is 1. The molecule has 1 heterocycles. The van der Waals surface area contributed by atoms with Gasteiger partial charge < -0.3 is 9.88 Å². The van der Waals surface area contributed by atoms with E-state index in [9.17, 15) is 14.9 Å². The zero-order valence-corrected chi connectivity index (χ0v) is 8.76. The second-order valence-corrected chi connectivity index (χ2v) is 3.92. The lowest BCUT2D eigenvalue weighted by Crippen LogP contribution is -2.22. The van der Waals surface area contributed by atoms with Crippen LogP contribution in [0.25, 0.3) is 0 Å². The Hall–Kier alpha value is -1.69. The minimum atomic E-state index is -0.646. The summed E-state index contributed by atoms with van der Waals surface area (Å²) in [7, 11) is 0. The van der Waals surface area contributed by atoms with Crippen molar-refractivity contribution in [1.82, 2.24) is 9.88 Å². The average molecular weight is 223 g/mol. The molecule has 0 radical (unpaired) electrons. The van der Waals surface area contributed by atoms with E-state index < -0.39 is 10.4 Å². The molecule has 0 aromatic carbocycles. The predicted octanol–water partition coefficient (Wildman–Crippen LogP) is 0.508. The van der Waals surface area contributed by atoms with Crippen LogP contribution in [0.1, 0.15) is 12.8 Å². The van der Waals surface area contributed by atoms with E-state index in [2.05, 4.69) is 5.32 Å². The Morgan fingerprint density at radius 3 is 2.94 bits per heavy atom. The molecule has 1 aromatic rings. The van der Waals surface area contributed by atoms with Crippen molar-refractivity contribution in [3.8, 4) is 0 Å². The molecule has 6 nitrogen and oxygen atoms in total. The highest BCUT2D eigenvalue weighted by Crippen LogP contribution is 2.18. The molecule has 6 heteroatoms. The van der Waals surface area contributed by atoms with Crippen LogP contribution in [0.5, 0.6) is 0 Å². The van der Waals surface area contributed by atoms with E-state index in [0.29, 0.717) is 12.6 Å². The third kappa shape index (κ3) is 2.66. The molecule has 1 aromatic heterocycles. The van der Waals surface area contributed by atoms with Gasteiger partial charge in [0.15, 0.2) is 0 Å². The first-order valence-electron chi connectivity index (χ1n) is 5.24. The summed E-state index contributed by atoms with van der Waals surface area (Å²) in [5.74, 6) is 0. The van der Waals surface area contributed by atoms with E-state index in [1.165, 1.54) is 25.1 Å². The molecule has 1 aliphatic rings. The van der Waals surface area contributed by atoms with Gasteiger partial charge in [0.25, 0.3) is 5.43 Å². The highest BCUT2D eigenvalue weighted by Gasteiger charge is 2.19. The molecule has 1 saturated carbocycles. The Balaban J connectivity index is 2.00. The quantitative estimate of drug-likeness (QED) is 0.582. The molecule has 0 unspecified atom stereocenters. The third-order valence-electron chi connectivity index (χ3n) is 2.54. The van der Waals surface area contributed by atoms with Crippen LogP contribution in [0.3, 0.4) is 0 Å². The van der Waals surface area contributed by atoms with Crippen molar-refractivity contribution in [3.05, 3.63) is 38.8 Å². The molecular weight excluding hydrogens is 210 g/mol. The van der Waals surface area contributed by atoms with Gasteiger partial charge in [-0.05, 0) is 12.8 Å². The maximum atomic E-state index is 11.1. The summed E-state index contributed by atoms with van der Waals surface area (Å²) >= 11 is 0. The first kappa shape index (κ1) is 10.8. The summed E-state index contributed by atoms with van der Waals surface area (Å²) < 4.78 is 1.66. The van der Waals surface area contributed by atoms with Gasteiger partial charge in [-0.25, -0.2) is 0 Å². The first-order valence-corrected chi connectivity index (χ1v) is 5.24. The lowest BCUT2D eigenvalue weighted by atomic mass is 10.4. The molecule has 0 aliphatic heterocycles. The fourth-order valence-electron chi connectivity index (χ4n) is 1.47. The lowest BCUT2D eigenvalue weighted by Gasteiger charge is -2.06. The number of hydrogen-bond acceptors (Lipinski definition) is 4. The number of nitrogens with zero attached hydrogens (tertiary/aromatic N) is 2. The van der Waals surface area contributed by atoms with Gasteiger partial charge in [-0.15, -0.1) is 0 Å². The van der Waals surface area contributed by atoms with Gasteiger partial charge in [-0.2, -0.15) is 0 Å². The molecule has 86 valence electrons. The van der Waals surface area contributed by atoms with Gasteiger partial charge >= 0.3 is 5.69 Å².